The van der Waals surface area contributed by atoms with Crippen molar-refractivity contribution in [1.29, 1.82) is 0 Å². The molecule has 0 aromatic heterocycles. The third-order valence-electron chi connectivity index (χ3n) is 3.10. The van der Waals surface area contributed by atoms with Gasteiger partial charge in [0.05, 0.1) is 6.10 Å². The summed E-state index contributed by atoms with van der Waals surface area (Å²) in [6.07, 6.45) is 0.924. The fourth-order valence-electron chi connectivity index (χ4n) is 2.31. The number of aliphatic hydroxyl groups excluding tert-OH is 1. The Morgan fingerprint density at radius 2 is 2.20 bits per heavy atom. The average Bonchev–Trinajstić information content (AvgIpc) is 2.20. The van der Waals surface area contributed by atoms with Gasteiger partial charge < -0.3 is 10.8 Å². The maximum Gasteiger partial charge on any atom is 0.0639 e. The van der Waals surface area contributed by atoms with E-state index in [2.05, 4.69) is 16.7 Å². The van der Waals surface area contributed by atoms with E-state index < -0.39 is 0 Å². The maximum absolute atomic E-state index is 9.41. The van der Waals surface area contributed by atoms with Gasteiger partial charge >= 0.3 is 0 Å². The van der Waals surface area contributed by atoms with Gasteiger partial charge in [-0.05, 0) is 13.3 Å². The number of rotatable bonds is 5. The number of aliphatic hydroxyl groups is 1. The maximum atomic E-state index is 9.41. The Hall–Kier alpha value is -0.160. The molecule has 0 amide bonds. The minimum Gasteiger partial charge on any atom is -0.392 e. The van der Waals surface area contributed by atoms with Gasteiger partial charge in [-0.15, -0.1) is 0 Å². The van der Waals surface area contributed by atoms with E-state index in [1.54, 1.807) is 0 Å². The Bertz CT molecular complexity index is 175. The normalized spacial score (nSPS) is 26.8. The van der Waals surface area contributed by atoms with Crippen LogP contribution in [0.5, 0.6) is 0 Å². The largest absolute Gasteiger partial charge is 0.392 e. The quantitative estimate of drug-likeness (QED) is 0.662. The van der Waals surface area contributed by atoms with Crippen LogP contribution in [0.4, 0.5) is 0 Å². The summed E-state index contributed by atoms with van der Waals surface area (Å²) in [6.45, 7) is 9.86. The van der Waals surface area contributed by atoms with Crippen LogP contribution in [0.15, 0.2) is 0 Å². The van der Waals surface area contributed by atoms with Crippen LogP contribution in [-0.2, 0) is 0 Å². The third-order valence-corrected chi connectivity index (χ3v) is 3.10. The smallest absolute Gasteiger partial charge is 0.0639 e. The van der Waals surface area contributed by atoms with Crippen molar-refractivity contribution in [2.24, 2.45) is 5.73 Å². The van der Waals surface area contributed by atoms with Gasteiger partial charge in [0.25, 0.3) is 0 Å². The summed E-state index contributed by atoms with van der Waals surface area (Å²) in [4.78, 5) is 4.82. The first-order valence-electron chi connectivity index (χ1n) is 6.01. The van der Waals surface area contributed by atoms with Gasteiger partial charge in [-0.3, -0.25) is 9.80 Å². The zero-order valence-corrected chi connectivity index (χ0v) is 10.0. The van der Waals surface area contributed by atoms with Crippen molar-refractivity contribution in [3.05, 3.63) is 0 Å². The summed E-state index contributed by atoms with van der Waals surface area (Å²) >= 11 is 0. The van der Waals surface area contributed by atoms with Crippen LogP contribution in [0.1, 0.15) is 20.3 Å². The van der Waals surface area contributed by atoms with Crippen LogP contribution in [0, 0.1) is 0 Å². The van der Waals surface area contributed by atoms with E-state index in [0.29, 0.717) is 6.04 Å². The second-order valence-electron chi connectivity index (χ2n) is 4.50. The van der Waals surface area contributed by atoms with Gasteiger partial charge in [-0.25, -0.2) is 0 Å². The molecule has 1 fully saturated rings. The summed E-state index contributed by atoms with van der Waals surface area (Å²) in [5.74, 6) is 0. The van der Waals surface area contributed by atoms with Crippen LogP contribution in [0.3, 0.4) is 0 Å². The van der Waals surface area contributed by atoms with Crippen LogP contribution in [0.25, 0.3) is 0 Å². The van der Waals surface area contributed by atoms with Crippen molar-refractivity contribution in [2.45, 2.75) is 32.4 Å². The average molecular weight is 215 g/mol. The molecule has 4 heteroatoms. The van der Waals surface area contributed by atoms with Gasteiger partial charge in [-0.1, -0.05) is 6.92 Å². The lowest BCUT2D eigenvalue weighted by molar-refractivity contribution is 0.0378. The van der Waals surface area contributed by atoms with E-state index in [4.69, 9.17) is 5.73 Å². The van der Waals surface area contributed by atoms with E-state index in [1.807, 2.05) is 6.92 Å². The van der Waals surface area contributed by atoms with Gasteiger partial charge in [-0.2, -0.15) is 0 Å². The molecule has 0 bridgehead atoms. The number of β-amino-alcohol motifs (C(OH)–C–C–N with tert-alkyl or cyclic N) is 1. The summed E-state index contributed by atoms with van der Waals surface area (Å²) < 4.78 is 0. The standard InChI is InChI=1S/C11H25N3O/c1-3-11-9-13(5-4-12)6-7-14(11)8-10(2)15/h10-11,15H,3-9,12H2,1-2H3. The number of hydrogen-bond donors (Lipinski definition) is 2. The molecule has 3 N–H and O–H groups in total. The minimum atomic E-state index is -0.222. The summed E-state index contributed by atoms with van der Waals surface area (Å²) in [6, 6.07) is 0.583. The first-order chi connectivity index (χ1) is 7.17. The van der Waals surface area contributed by atoms with Crippen molar-refractivity contribution in [3.8, 4) is 0 Å². The van der Waals surface area contributed by atoms with Crippen LogP contribution in [0.2, 0.25) is 0 Å². The molecule has 0 radical (unpaired) electrons. The molecule has 90 valence electrons. The van der Waals surface area contributed by atoms with Crippen LogP contribution < -0.4 is 5.73 Å². The lowest BCUT2D eigenvalue weighted by atomic mass is 10.1. The van der Waals surface area contributed by atoms with Crippen LogP contribution >= 0.6 is 0 Å². The van der Waals surface area contributed by atoms with E-state index in [1.165, 1.54) is 0 Å². The molecule has 0 spiro atoms. The zero-order valence-electron chi connectivity index (χ0n) is 10.0. The number of hydrogen-bond acceptors (Lipinski definition) is 4. The number of nitrogens with zero attached hydrogens (tertiary/aromatic N) is 2. The van der Waals surface area contributed by atoms with Crippen molar-refractivity contribution in [2.75, 3.05) is 39.3 Å². The van der Waals surface area contributed by atoms with Crippen molar-refractivity contribution in [1.82, 2.24) is 9.80 Å². The molecule has 0 saturated carbocycles. The molecule has 1 aliphatic rings. The highest BCUT2D eigenvalue weighted by Gasteiger charge is 2.25. The lowest BCUT2D eigenvalue weighted by Crippen LogP contribution is -2.55. The highest BCUT2D eigenvalue weighted by atomic mass is 16.3. The monoisotopic (exact) mass is 215 g/mol. The van der Waals surface area contributed by atoms with Gasteiger partial charge in [0.1, 0.15) is 0 Å². The second-order valence-corrected chi connectivity index (χ2v) is 4.50. The molecular formula is C11H25N3O. The molecule has 0 aromatic carbocycles. The van der Waals surface area contributed by atoms with Gasteiger partial charge in [0.2, 0.25) is 0 Å². The summed E-state index contributed by atoms with van der Waals surface area (Å²) in [7, 11) is 0. The molecule has 0 aromatic rings. The van der Waals surface area contributed by atoms with E-state index >= 15 is 0 Å². The summed E-state index contributed by atoms with van der Waals surface area (Å²) in [5, 5.41) is 9.41. The topological polar surface area (TPSA) is 52.7 Å². The molecule has 1 rings (SSSR count). The van der Waals surface area contributed by atoms with Crippen molar-refractivity contribution < 1.29 is 5.11 Å². The first kappa shape index (κ1) is 12.9. The van der Waals surface area contributed by atoms with Gasteiger partial charge in [0, 0.05) is 45.3 Å². The predicted octanol–water partition coefficient (Wildman–Crippen LogP) is -0.278. The molecule has 1 aliphatic heterocycles. The van der Waals surface area contributed by atoms with E-state index in [9.17, 15) is 5.11 Å². The molecule has 4 nitrogen and oxygen atoms in total. The second kappa shape index (κ2) is 6.43. The molecule has 1 heterocycles. The van der Waals surface area contributed by atoms with Crippen LogP contribution in [-0.4, -0.2) is 66.3 Å². The zero-order chi connectivity index (χ0) is 11.3. The van der Waals surface area contributed by atoms with Gasteiger partial charge in [0.15, 0.2) is 0 Å². The van der Waals surface area contributed by atoms with E-state index in [0.717, 1.165) is 45.7 Å². The first-order valence-corrected chi connectivity index (χ1v) is 6.01. The third kappa shape index (κ3) is 4.07. The predicted molar refractivity (Wildman–Crippen MR) is 62.8 cm³/mol. The Kier molecular flexibility index (Phi) is 5.53. The Morgan fingerprint density at radius 1 is 1.47 bits per heavy atom. The molecule has 0 aliphatic carbocycles. The Balaban J connectivity index is 2.41. The molecule has 2 unspecified atom stereocenters. The fourth-order valence-corrected chi connectivity index (χ4v) is 2.31. The van der Waals surface area contributed by atoms with Crippen molar-refractivity contribution in [3.63, 3.8) is 0 Å². The molecule has 15 heavy (non-hydrogen) atoms. The number of piperazine rings is 1. The lowest BCUT2D eigenvalue weighted by Gasteiger charge is -2.41. The number of nitrogens with two attached hydrogens (primary N) is 1. The molecule has 2 atom stereocenters. The van der Waals surface area contributed by atoms with Crippen molar-refractivity contribution >= 4 is 0 Å². The minimum absolute atomic E-state index is 0.222. The summed E-state index contributed by atoms with van der Waals surface area (Å²) in [5.41, 5.74) is 5.57. The SMILES string of the molecule is CCC1CN(CCN)CCN1CC(C)O. The Labute approximate surface area is 93.0 Å². The Morgan fingerprint density at radius 3 is 2.73 bits per heavy atom. The van der Waals surface area contributed by atoms with E-state index in [-0.39, 0.29) is 6.10 Å². The molecule has 1 saturated heterocycles. The fraction of sp³-hybridized carbons (Fsp3) is 1.00. The highest BCUT2D eigenvalue weighted by Crippen LogP contribution is 2.12. The highest BCUT2D eigenvalue weighted by molar-refractivity contribution is 4.82. The molecular weight excluding hydrogens is 190 g/mol.